The third kappa shape index (κ3) is 4.26. The fourth-order valence-electron chi connectivity index (χ4n) is 2.15. The van der Waals surface area contributed by atoms with E-state index in [9.17, 15) is 5.11 Å². The number of allylic oxidation sites excluding steroid dienone is 1. The first kappa shape index (κ1) is 13.7. The van der Waals surface area contributed by atoms with E-state index in [0.717, 1.165) is 32.4 Å². The van der Waals surface area contributed by atoms with Crippen molar-refractivity contribution in [2.45, 2.75) is 58.6 Å². The molecule has 1 fully saturated rings. The topological polar surface area (TPSA) is 23.5 Å². The minimum Gasteiger partial charge on any atom is -0.386 e. The molecule has 1 heterocycles. The highest BCUT2D eigenvalue weighted by Crippen LogP contribution is 2.25. The zero-order valence-electron chi connectivity index (χ0n) is 11.2. The SMILES string of the molecule is CC(C)C/C=C/C1(O)CCN(C(C)C)CC1. The Morgan fingerprint density at radius 3 is 2.19 bits per heavy atom. The number of nitrogens with zero attached hydrogens (tertiary/aromatic N) is 1. The Morgan fingerprint density at radius 1 is 1.19 bits per heavy atom. The Kier molecular flexibility index (Phi) is 5.00. The molecule has 0 saturated carbocycles. The van der Waals surface area contributed by atoms with Gasteiger partial charge < -0.3 is 10.0 Å². The molecule has 16 heavy (non-hydrogen) atoms. The molecule has 2 nitrogen and oxygen atoms in total. The average molecular weight is 225 g/mol. The molecule has 0 atom stereocenters. The van der Waals surface area contributed by atoms with E-state index in [1.54, 1.807) is 0 Å². The summed E-state index contributed by atoms with van der Waals surface area (Å²) in [6, 6.07) is 0.601. The molecule has 1 aliphatic heterocycles. The van der Waals surface area contributed by atoms with Crippen molar-refractivity contribution >= 4 is 0 Å². The lowest BCUT2D eigenvalue weighted by Gasteiger charge is -2.38. The molecule has 0 aromatic carbocycles. The molecule has 1 aliphatic rings. The van der Waals surface area contributed by atoms with Crippen LogP contribution in [-0.2, 0) is 0 Å². The van der Waals surface area contributed by atoms with Crippen molar-refractivity contribution in [3.63, 3.8) is 0 Å². The maximum atomic E-state index is 10.4. The number of rotatable bonds is 4. The van der Waals surface area contributed by atoms with Gasteiger partial charge in [-0.05, 0) is 39.0 Å². The summed E-state index contributed by atoms with van der Waals surface area (Å²) in [4.78, 5) is 2.44. The molecular formula is C14H27NO. The van der Waals surface area contributed by atoms with Gasteiger partial charge in [0.25, 0.3) is 0 Å². The Labute approximate surface area is 100 Å². The molecule has 0 amide bonds. The number of hydrogen-bond acceptors (Lipinski definition) is 2. The fraction of sp³-hybridized carbons (Fsp3) is 0.857. The largest absolute Gasteiger partial charge is 0.386 e. The van der Waals surface area contributed by atoms with Gasteiger partial charge >= 0.3 is 0 Å². The highest BCUT2D eigenvalue weighted by Gasteiger charge is 2.30. The Balaban J connectivity index is 2.40. The van der Waals surface area contributed by atoms with Crippen LogP contribution in [0, 0.1) is 5.92 Å². The number of likely N-dealkylation sites (tertiary alicyclic amines) is 1. The molecule has 94 valence electrons. The fourth-order valence-corrected chi connectivity index (χ4v) is 2.15. The smallest absolute Gasteiger partial charge is 0.0852 e. The number of piperidine rings is 1. The lowest BCUT2D eigenvalue weighted by molar-refractivity contribution is 0.0101. The minimum absolute atomic E-state index is 0.541. The Morgan fingerprint density at radius 2 is 1.75 bits per heavy atom. The van der Waals surface area contributed by atoms with Gasteiger partial charge in [0, 0.05) is 19.1 Å². The summed E-state index contributed by atoms with van der Waals surface area (Å²) in [6.07, 6.45) is 7.00. The Hall–Kier alpha value is -0.340. The average Bonchev–Trinajstić information content (AvgIpc) is 2.17. The van der Waals surface area contributed by atoms with Crippen LogP contribution >= 0.6 is 0 Å². The van der Waals surface area contributed by atoms with Crippen LogP contribution in [0.15, 0.2) is 12.2 Å². The van der Waals surface area contributed by atoms with E-state index < -0.39 is 5.60 Å². The molecule has 0 aromatic heterocycles. The van der Waals surface area contributed by atoms with Crippen LogP contribution in [0.3, 0.4) is 0 Å². The summed E-state index contributed by atoms with van der Waals surface area (Å²) < 4.78 is 0. The van der Waals surface area contributed by atoms with Crippen molar-refractivity contribution in [1.82, 2.24) is 4.90 Å². The van der Waals surface area contributed by atoms with E-state index in [2.05, 4.69) is 38.7 Å². The third-order valence-electron chi connectivity index (χ3n) is 3.43. The first-order valence-corrected chi connectivity index (χ1v) is 6.57. The van der Waals surface area contributed by atoms with Crippen molar-refractivity contribution < 1.29 is 5.11 Å². The van der Waals surface area contributed by atoms with Crippen LogP contribution in [-0.4, -0.2) is 34.7 Å². The summed E-state index contributed by atoms with van der Waals surface area (Å²) in [5, 5.41) is 10.4. The van der Waals surface area contributed by atoms with Crippen LogP contribution in [0.25, 0.3) is 0 Å². The van der Waals surface area contributed by atoms with Crippen molar-refractivity contribution in [1.29, 1.82) is 0 Å². The van der Waals surface area contributed by atoms with Crippen molar-refractivity contribution in [2.24, 2.45) is 5.92 Å². The highest BCUT2D eigenvalue weighted by molar-refractivity contribution is 5.04. The van der Waals surface area contributed by atoms with Crippen LogP contribution in [0.5, 0.6) is 0 Å². The predicted octanol–water partition coefficient (Wildman–Crippen LogP) is 2.82. The monoisotopic (exact) mass is 225 g/mol. The van der Waals surface area contributed by atoms with Gasteiger partial charge in [0.1, 0.15) is 0 Å². The normalized spacial score (nSPS) is 22.4. The first-order chi connectivity index (χ1) is 7.43. The second-order valence-corrected chi connectivity index (χ2v) is 5.77. The van der Waals surface area contributed by atoms with E-state index in [4.69, 9.17) is 0 Å². The van der Waals surface area contributed by atoms with Gasteiger partial charge in [0.15, 0.2) is 0 Å². The maximum absolute atomic E-state index is 10.4. The molecule has 0 unspecified atom stereocenters. The summed E-state index contributed by atoms with van der Waals surface area (Å²) in [5.41, 5.74) is -0.541. The summed E-state index contributed by atoms with van der Waals surface area (Å²) >= 11 is 0. The van der Waals surface area contributed by atoms with Crippen LogP contribution in [0.1, 0.15) is 47.0 Å². The zero-order valence-corrected chi connectivity index (χ0v) is 11.2. The van der Waals surface area contributed by atoms with Gasteiger partial charge in [-0.1, -0.05) is 26.0 Å². The van der Waals surface area contributed by atoms with Gasteiger partial charge in [-0.2, -0.15) is 0 Å². The predicted molar refractivity (Wildman–Crippen MR) is 69.5 cm³/mol. The minimum atomic E-state index is -0.541. The van der Waals surface area contributed by atoms with E-state index in [0.29, 0.717) is 12.0 Å². The Bertz CT molecular complexity index is 225. The van der Waals surface area contributed by atoms with E-state index in [1.165, 1.54) is 0 Å². The molecular weight excluding hydrogens is 198 g/mol. The standard InChI is InChI=1S/C14H27NO/c1-12(2)6-5-7-14(16)8-10-15(11-9-14)13(3)4/h5,7,12-13,16H,6,8-11H2,1-4H3/b7-5+. The third-order valence-corrected chi connectivity index (χ3v) is 3.43. The maximum Gasteiger partial charge on any atom is 0.0852 e. The highest BCUT2D eigenvalue weighted by atomic mass is 16.3. The zero-order chi connectivity index (χ0) is 12.2. The number of hydrogen-bond donors (Lipinski definition) is 1. The van der Waals surface area contributed by atoms with E-state index in [-0.39, 0.29) is 0 Å². The van der Waals surface area contributed by atoms with Gasteiger partial charge in [0.05, 0.1) is 5.60 Å². The summed E-state index contributed by atoms with van der Waals surface area (Å²) in [6.45, 7) is 10.9. The molecule has 1 N–H and O–H groups in total. The molecule has 1 saturated heterocycles. The molecule has 0 radical (unpaired) electrons. The van der Waals surface area contributed by atoms with Gasteiger partial charge in [-0.15, -0.1) is 0 Å². The quantitative estimate of drug-likeness (QED) is 0.744. The van der Waals surface area contributed by atoms with Crippen LogP contribution in [0.4, 0.5) is 0 Å². The van der Waals surface area contributed by atoms with E-state index in [1.807, 2.05) is 6.08 Å². The molecule has 1 rings (SSSR count). The summed E-state index contributed by atoms with van der Waals surface area (Å²) in [5.74, 6) is 0.676. The van der Waals surface area contributed by atoms with Gasteiger partial charge in [-0.25, -0.2) is 0 Å². The van der Waals surface area contributed by atoms with E-state index >= 15 is 0 Å². The van der Waals surface area contributed by atoms with Crippen molar-refractivity contribution in [3.05, 3.63) is 12.2 Å². The second kappa shape index (κ2) is 5.83. The second-order valence-electron chi connectivity index (χ2n) is 5.77. The number of aliphatic hydroxyl groups is 1. The van der Waals surface area contributed by atoms with Crippen LogP contribution in [0.2, 0.25) is 0 Å². The summed E-state index contributed by atoms with van der Waals surface area (Å²) in [7, 11) is 0. The lowest BCUT2D eigenvalue weighted by Crippen LogP contribution is -2.45. The molecule has 0 aliphatic carbocycles. The van der Waals surface area contributed by atoms with Gasteiger partial charge in [-0.3, -0.25) is 0 Å². The molecule has 2 heteroatoms. The van der Waals surface area contributed by atoms with Crippen molar-refractivity contribution in [2.75, 3.05) is 13.1 Å². The van der Waals surface area contributed by atoms with Crippen LogP contribution < -0.4 is 0 Å². The van der Waals surface area contributed by atoms with Gasteiger partial charge in [0.2, 0.25) is 0 Å². The molecule has 0 aromatic rings. The molecule has 0 spiro atoms. The first-order valence-electron chi connectivity index (χ1n) is 6.57. The van der Waals surface area contributed by atoms with Crippen molar-refractivity contribution in [3.8, 4) is 0 Å². The lowest BCUT2D eigenvalue weighted by atomic mass is 9.90. The molecule has 0 bridgehead atoms.